The van der Waals surface area contributed by atoms with Gasteiger partial charge in [0.15, 0.2) is 0 Å². The van der Waals surface area contributed by atoms with Gasteiger partial charge in [-0.1, -0.05) is 158 Å². The molecule has 242 valence electrons. The Morgan fingerprint density at radius 3 is 2.08 bits per heavy atom. The van der Waals surface area contributed by atoms with Crippen LogP contribution in [0.5, 0.6) is 0 Å². The third kappa shape index (κ3) is 5.95. The molecular weight excluding hydrogens is 625 g/mol. The maximum Gasteiger partial charge on any atom is 0.0885 e. The molecule has 0 spiro atoms. The minimum Gasteiger partial charge on any atom is -0.204 e. The highest BCUT2D eigenvalue weighted by Crippen LogP contribution is 2.48. The number of nitrogens with zero attached hydrogens (tertiary/aromatic N) is 1. The zero-order valence-corrected chi connectivity index (χ0v) is 29.2. The lowest BCUT2D eigenvalue weighted by molar-refractivity contribution is 0.731. The fourth-order valence-electron chi connectivity index (χ4n) is 7.25. The number of allylic oxidation sites excluding steroid dienone is 5. The van der Waals surface area contributed by atoms with Gasteiger partial charge in [0.2, 0.25) is 0 Å². The third-order valence-corrected chi connectivity index (χ3v) is 11.0. The van der Waals surface area contributed by atoms with E-state index < -0.39 is 0 Å². The van der Waals surface area contributed by atoms with Gasteiger partial charge in [0.1, 0.15) is 0 Å². The molecule has 50 heavy (non-hydrogen) atoms. The number of hydrogen-bond donors (Lipinski definition) is 1. The Morgan fingerprint density at radius 2 is 1.38 bits per heavy atom. The molecule has 0 radical (unpaired) electrons. The van der Waals surface area contributed by atoms with Gasteiger partial charge in [-0.2, -0.15) is 5.11 Å². The molecule has 0 saturated carbocycles. The molecule has 0 amide bonds. The van der Waals surface area contributed by atoms with Gasteiger partial charge in [-0.25, -0.2) is 5.53 Å². The van der Waals surface area contributed by atoms with Gasteiger partial charge < -0.3 is 0 Å². The summed E-state index contributed by atoms with van der Waals surface area (Å²) in [5, 5.41) is 14.3. The van der Waals surface area contributed by atoms with Crippen LogP contribution in [-0.4, -0.2) is 0 Å². The number of rotatable bonds is 5. The van der Waals surface area contributed by atoms with Crippen molar-refractivity contribution in [3.8, 4) is 11.1 Å². The van der Waals surface area contributed by atoms with Crippen molar-refractivity contribution >= 4 is 69.5 Å². The second-order valence-corrected chi connectivity index (χ2v) is 14.3. The molecule has 9 rings (SSSR count). The number of benzene rings is 7. The highest BCUT2D eigenvalue weighted by atomic mass is 32.1. The summed E-state index contributed by atoms with van der Waals surface area (Å²) >= 11 is 1.90. The van der Waals surface area contributed by atoms with E-state index in [0.717, 1.165) is 11.5 Å². The summed E-state index contributed by atoms with van der Waals surface area (Å²) in [6, 6.07) is 47.7. The second-order valence-electron chi connectivity index (χ2n) is 13.2. The van der Waals surface area contributed by atoms with Crippen LogP contribution in [0.4, 0.5) is 0 Å². The number of fused-ring (bicyclic) bond motifs is 10. The van der Waals surface area contributed by atoms with Crippen LogP contribution in [0.15, 0.2) is 168 Å². The minimum absolute atomic E-state index is 0.691. The van der Waals surface area contributed by atoms with Crippen LogP contribution in [0.2, 0.25) is 0 Å². The fourth-order valence-corrected chi connectivity index (χ4v) is 8.54. The van der Waals surface area contributed by atoms with E-state index in [1.807, 2.05) is 41.7 Å². The summed E-state index contributed by atoms with van der Waals surface area (Å²) in [5.74, 6) is 0.763. The number of hydrogen-bond acceptors (Lipinski definition) is 3. The van der Waals surface area contributed by atoms with Gasteiger partial charge in [0.25, 0.3) is 0 Å². The zero-order valence-electron chi connectivity index (χ0n) is 28.4. The van der Waals surface area contributed by atoms with Crippen LogP contribution in [0.1, 0.15) is 31.4 Å². The Bertz CT molecular complexity index is 2640. The van der Waals surface area contributed by atoms with Crippen molar-refractivity contribution in [2.45, 2.75) is 26.7 Å². The van der Waals surface area contributed by atoms with E-state index in [0.29, 0.717) is 12.1 Å². The Labute approximate surface area is 297 Å². The van der Waals surface area contributed by atoms with E-state index in [1.54, 1.807) is 0 Å². The lowest BCUT2D eigenvalue weighted by Gasteiger charge is -2.15. The maximum atomic E-state index is 7.75. The first kappa shape index (κ1) is 31.6. The van der Waals surface area contributed by atoms with E-state index >= 15 is 0 Å². The van der Waals surface area contributed by atoms with E-state index in [2.05, 4.69) is 146 Å². The summed E-state index contributed by atoms with van der Waals surface area (Å²) in [7, 11) is 0. The molecule has 7 aromatic carbocycles. The predicted octanol–water partition coefficient (Wildman–Crippen LogP) is 14.3. The second kappa shape index (κ2) is 13.7. The van der Waals surface area contributed by atoms with E-state index in [1.165, 1.54) is 81.2 Å². The molecule has 3 heteroatoms. The lowest BCUT2D eigenvalue weighted by Crippen LogP contribution is -1.91. The van der Waals surface area contributed by atoms with Crippen LogP contribution in [0.3, 0.4) is 0 Å². The van der Waals surface area contributed by atoms with Gasteiger partial charge in [0.05, 0.1) is 5.70 Å². The topological polar surface area (TPSA) is 36.2 Å². The summed E-state index contributed by atoms with van der Waals surface area (Å²) in [6.45, 7) is 4.38. The van der Waals surface area contributed by atoms with E-state index in [-0.39, 0.29) is 0 Å². The monoisotopic (exact) mass is 662 g/mol. The molecule has 0 aliphatic heterocycles. The standard InChI is InChI=1S/C39H26N2S.C8H12/c40-41-35(26-12-2-1-3-13-26)22-21-25-11-10-14-27(23-25)33-24-34-30-17-5-4-15-28(30)29-16-6-7-18-31(29)37(34)39-38(33)32-19-8-9-20-36(32)42-39;1-7-3-5-8(2)6-4-7/h1-20,22-24,40H,21H2;3-5,8H,6H2,1-2H3/b35-22-,41-40?;. The Hall–Kier alpha value is -5.64. The Balaban J connectivity index is 0.000000400. The normalized spacial score (nSPS) is 14.6. The maximum absolute atomic E-state index is 7.75. The van der Waals surface area contributed by atoms with E-state index in [9.17, 15) is 0 Å². The highest BCUT2D eigenvalue weighted by Gasteiger charge is 2.19. The molecule has 0 bridgehead atoms. The molecule has 1 heterocycles. The van der Waals surface area contributed by atoms with Crippen molar-refractivity contribution in [2.75, 3.05) is 0 Å². The lowest BCUT2D eigenvalue weighted by atomic mass is 9.89. The highest BCUT2D eigenvalue weighted by molar-refractivity contribution is 7.27. The van der Waals surface area contributed by atoms with Gasteiger partial charge in [-0.15, -0.1) is 11.3 Å². The van der Waals surface area contributed by atoms with Crippen LogP contribution >= 0.6 is 11.3 Å². The van der Waals surface area contributed by atoms with Crippen molar-refractivity contribution in [1.82, 2.24) is 0 Å². The SMILES string of the molecule is CC1=CCC(C)C=C1.N=N/C(=C\Cc1cccc(-c2cc3c4ccccc4c4ccccc4c3c3sc4ccccc4c23)c1)c1ccccc1. The smallest absolute Gasteiger partial charge is 0.0885 e. The van der Waals surface area contributed by atoms with Crippen LogP contribution in [0, 0.1) is 11.4 Å². The summed E-state index contributed by atoms with van der Waals surface area (Å²) in [6.07, 6.45) is 10.7. The quantitative estimate of drug-likeness (QED) is 0.141. The molecule has 1 unspecified atom stereocenters. The molecule has 1 aliphatic carbocycles. The van der Waals surface area contributed by atoms with Crippen molar-refractivity contribution in [3.05, 3.63) is 174 Å². The van der Waals surface area contributed by atoms with Crippen LogP contribution in [0.25, 0.3) is 69.3 Å². The minimum atomic E-state index is 0.691. The van der Waals surface area contributed by atoms with Crippen molar-refractivity contribution in [1.29, 1.82) is 5.53 Å². The summed E-state index contributed by atoms with van der Waals surface area (Å²) in [5.41, 5.74) is 14.5. The van der Waals surface area contributed by atoms with Gasteiger partial charge >= 0.3 is 0 Å². The first-order valence-electron chi connectivity index (χ1n) is 17.3. The van der Waals surface area contributed by atoms with Gasteiger partial charge in [-0.05, 0) is 81.4 Å². The van der Waals surface area contributed by atoms with Crippen molar-refractivity contribution in [2.24, 2.45) is 11.0 Å². The molecule has 2 nitrogen and oxygen atoms in total. The summed E-state index contributed by atoms with van der Waals surface area (Å²) < 4.78 is 2.65. The molecular formula is C47H38N2S. The molecule has 1 aliphatic rings. The Morgan fingerprint density at radius 1 is 0.720 bits per heavy atom. The van der Waals surface area contributed by atoms with Gasteiger partial charge in [-0.3, -0.25) is 0 Å². The predicted molar refractivity (Wildman–Crippen MR) is 217 cm³/mol. The van der Waals surface area contributed by atoms with E-state index in [4.69, 9.17) is 5.53 Å². The fraction of sp³-hybridized carbons (Fsp3) is 0.106. The first-order valence-corrected chi connectivity index (χ1v) is 18.2. The number of nitrogens with one attached hydrogen (secondary N) is 1. The zero-order chi connectivity index (χ0) is 34.0. The molecule has 1 aromatic heterocycles. The first-order chi connectivity index (χ1) is 24.6. The van der Waals surface area contributed by atoms with Gasteiger partial charge in [0, 0.05) is 31.1 Å². The van der Waals surface area contributed by atoms with Crippen molar-refractivity contribution < 1.29 is 0 Å². The average molecular weight is 663 g/mol. The summed E-state index contributed by atoms with van der Waals surface area (Å²) in [4.78, 5) is 0. The largest absolute Gasteiger partial charge is 0.204 e. The van der Waals surface area contributed by atoms with Crippen LogP contribution < -0.4 is 0 Å². The van der Waals surface area contributed by atoms with Crippen LogP contribution in [-0.2, 0) is 6.42 Å². The van der Waals surface area contributed by atoms with Crippen molar-refractivity contribution in [3.63, 3.8) is 0 Å². The average Bonchev–Trinajstić information content (AvgIpc) is 3.56. The number of thiophene rings is 1. The molecule has 0 saturated heterocycles. The molecule has 0 fully saturated rings. The Kier molecular flexibility index (Phi) is 8.66. The molecule has 1 N–H and O–H groups in total. The third-order valence-electron chi connectivity index (χ3n) is 9.81. The molecule has 1 atom stereocenters. The molecule has 8 aromatic rings.